The summed E-state index contributed by atoms with van der Waals surface area (Å²) in [5.41, 5.74) is 0. The zero-order chi connectivity index (χ0) is 116. The van der Waals surface area contributed by atoms with Gasteiger partial charge >= 0.3 is 1960 Å². The van der Waals surface area contributed by atoms with E-state index in [9.17, 15) is 0 Å². The van der Waals surface area contributed by atoms with E-state index in [0.717, 1.165) is 0 Å². The summed E-state index contributed by atoms with van der Waals surface area (Å²) in [6.07, 6.45) is 0. The molecule has 0 aromatic carbocycles. The van der Waals surface area contributed by atoms with E-state index in [0.29, 0.717) is 13.3 Å². The Kier molecular flexibility index (Phi) is 265. The van der Waals surface area contributed by atoms with Crippen molar-refractivity contribution in [2.24, 2.45) is 0 Å². The van der Waals surface area contributed by atoms with E-state index in [1.54, 1.807) is 0 Å². The Morgan fingerprint density at radius 2 is 0.102 bits per heavy atom. The second-order valence-electron chi connectivity index (χ2n) is 11.7. The molecule has 1030 valence electrons. The Bertz CT molecular complexity index is 3010. The summed E-state index contributed by atoms with van der Waals surface area (Å²) in [4.78, 5) is 0. The molecule has 0 nitrogen and oxygen atoms in total. The van der Waals surface area contributed by atoms with Crippen molar-refractivity contribution in [2.75, 3.05) is 0 Å². The van der Waals surface area contributed by atoms with E-state index in [1.165, 1.54) is 0 Å². The van der Waals surface area contributed by atoms with Crippen LogP contribution in [0.1, 0.15) is 0 Å². The van der Waals surface area contributed by atoms with Crippen LogP contribution < -0.4 is 13.3 Å². The van der Waals surface area contributed by atoms with Gasteiger partial charge in [0.15, 0.2) is 0 Å². The third kappa shape index (κ3) is 103. The van der Waals surface area contributed by atoms with Crippen molar-refractivity contribution < 1.29 is 13.3 Å². The first kappa shape index (κ1) is 254. The number of halogens is 147. The second kappa shape index (κ2) is 153. The van der Waals surface area contributed by atoms with Crippen LogP contribution in [0.5, 0.6) is 0 Å². The molecular formula is I147-. The van der Waals surface area contributed by atoms with Gasteiger partial charge in [-0.05, 0) is 0 Å². The summed E-state index contributed by atoms with van der Waals surface area (Å²) in [5.74, 6) is 0. The molecule has 0 aliphatic heterocycles. The summed E-state index contributed by atoms with van der Waals surface area (Å²) in [7, 11) is -46.4. The zero-order valence-electron chi connectivity index (χ0n) is 55.6. The quantitative estimate of drug-likeness (QED) is 0.0533. The van der Waals surface area contributed by atoms with Crippen molar-refractivity contribution >= 4 is 1950 Å². The normalized spacial score (nSPS) is 19.3. The first-order valence-electron chi connectivity index (χ1n) is 20.9. The molecule has 0 aromatic heterocycles. The van der Waals surface area contributed by atoms with E-state index >= 15 is 0 Å². The van der Waals surface area contributed by atoms with Gasteiger partial charge in [0.2, 0.25) is 0 Å². The van der Waals surface area contributed by atoms with Crippen LogP contribution in [-0.4, -0.2) is 0 Å². The fraction of sp³-hybridized carbons (Fsp3) is 0. The molecule has 0 radical (unpaired) electrons. The first-order chi connectivity index (χ1) is 66.9. The summed E-state index contributed by atoms with van der Waals surface area (Å²) < 4.78 is 0. The van der Waals surface area contributed by atoms with E-state index < -0.39 is 568 Å². The molecule has 0 spiro atoms. The van der Waals surface area contributed by atoms with Crippen LogP contribution in [0, 0.1) is 0 Å². The predicted octanol–water partition coefficient (Wildman–Crippen LogP) is 126. The average molecular weight is 18700 g/mol. The Morgan fingerprint density at radius 3 is 0.143 bits per heavy atom. The topological polar surface area (TPSA) is 0 Å². The fourth-order valence-electron chi connectivity index (χ4n) is 2.18. The predicted molar refractivity (Wildman–Crippen MR) is 2050 cm³/mol. The monoisotopic (exact) mass is 18700 g/mol. The third-order valence-electron chi connectivity index (χ3n) is 5.84. The maximum absolute atomic E-state index is 3.52. The van der Waals surface area contributed by atoms with Gasteiger partial charge in [-0.15, -0.1) is 0 Å². The Balaban J connectivity index is 6.02. The van der Waals surface area contributed by atoms with Gasteiger partial charge in [-0.1, -0.05) is 0 Å². The number of hydrogen-bond donors (Lipinski definition) is 0. The van der Waals surface area contributed by atoms with E-state index in [1.807, 2.05) is 0 Å². The van der Waals surface area contributed by atoms with Crippen LogP contribution >= 0.6 is 1950 Å². The minimum atomic E-state index is -0.691. The number of rotatable bonds is 72. The van der Waals surface area contributed by atoms with Crippen LogP contribution in [0.2, 0.25) is 0 Å². The van der Waals surface area contributed by atoms with E-state index in [4.69, 9.17) is 0 Å². The van der Waals surface area contributed by atoms with Crippen LogP contribution in [0.15, 0.2) is 0 Å². The Hall–Kier alpha value is 107. The van der Waals surface area contributed by atoms with Gasteiger partial charge in [0.1, 0.15) is 0 Å². The fourth-order valence-corrected chi connectivity index (χ4v) is 29500. The first-order valence-corrected chi connectivity index (χ1v) is 939. The van der Waals surface area contributed by atoms with Gasteiger partial charge in [-0.25, -0.2) is 0 Å². The molecule has 0 aromatic rings. The average Bonchev–Trinajstić information content (AvgIpc) is 0.816. The van der Waals surface area contributed by atoms with Crippen LogP contribution in [0.25, 0.3) is 0 Å². The van der Waals surface area contributed by atoms with Crippen LogP contribution in [-0.2, 0) is 0 Å². The summed E-state index contributed by atoms with van der Waals surface area (Å²) >= 11 is 255. The molecule has 0 saturated carbocycles. The molecule has 147 heteroatoms. The van der Waals surface area contributed by atoms with Gasteiger partial charge < -0.3 is 0 Å². The van der Waals surface area contributed by atoms with Crippen molar-refractivity contribution in [3.63, 3.8) is 0 Å². The molecule has 0 fully saturated rings. The van der Waals surface area contributed by atoms with Crippen molar-refractivity contribution in [3.05, 3.63) is 0 Å². The van der Waals surface area contributed by atoms with Crippen molar-refractivity contribution in [1.29, 1.82) is 0 Å². The van der Waals surface area contributed by atoms with Gasteiger partial charge in [-0.3, -0.25) is 0 Å². The molecule has 0 atom stereocenters. The van der Waals surface area contributed by atoms with Crippen LogP contribution in [0.3, 0.4) is 0 Å². The molecular weight excluding hydrogens is 18700 g/mol. The molecule has 0 unspecified atom stereocenters. The zero-order valence-corrected chi connectivity index (χ0v) is 373. The molecule has 0 saturated heterocycles. The van der Waals surface area contributed by atoms with Crippen molar-refractivity contribution in [2.45, 2.75) is 0 Å². The van der Waals surface area contributed by atoms with Crippen LogP contribution in [0.4, 0.5) is 0 Å². The van der Waals surface area contributed by atoms with Gasteiger partial charge in [0.25, 0.3) is 0 Å². The summed E-state index contributed by atoms with van der Waals surface area (Å²) in [6, 6.07) is 0. The molecule has 0 heterocycles. The Morgan fingerprint density at radius 1 is 0.0612 bits per heavy atom. The minimum absolute atomic E-state index is 0.431. The standard InChI is InChI=1S/I147/c1-75-77(4)79(6)81(8)83(10)85(12)87(14)89(16)91(18)93(20)95(22)97(24)99(26)101(28)103(30)105(32)107(34)109(36)111(38)113(40)115(42)117(44)119(46)121(48)123(50)125(52)127(54)129(56)131(58)133(60)135(62)137(64)139(66)141(68)143(70)145(72)147(74)146(73)144(71)142(69)140(67)138(65)136(63)134(61)132(59)130(57)128(55)126(53)124(51)122(49)120(47)118(45)116(43)114(41)112(39)110(37)108(35)106(33)104(31)102(29)100(27)98(25)96(23)94(21)92(19)90(17)88(15)86(13)84(11)82(9)80(7)78(5)76(2)3/q-1. The molecule has 0 rings (SSSR count). The maximum atomic E-state index is 3.52. The van der Waals surface area contributed by atoms with Crippen molar-refractivity contribution in [1.82, 2.24) is 0 Å². The van der Waals surface area contributed by atoms with Gasteiger partial charge in [-0.2, -0.15) is 0 Å². The second-order valence-corrected chi connectivity index (χ2v) is 3540. The molecule has 0 amide bonds. The van der Waals surface area contributed by atoms with Gasteiger partial charge in [0, 0.05) is 0 Å². The third-order valence-corrected chi connectivity index (χ3v) is 11800. The molecule has 0 N–H and O–H groups in total. The molecule has 147 heavy (non-hydrogen) atoms. The van der Waals surface area contributed by atoms with Gasteiger partial charge in [0.05, 0.1) is 0 Å². The summed E-state index contributed by atoms with van der Waals surface area (Å²) in [6.45, 7) is 0. The number of hydrogen-bond acceptors (Lipinski definition) is 0. The summed E-state index contributed by atoms with van der Waals surface area (Å²) in [5, 5.41) is 0. The molecule has 0 aliphatic carbocycles. The van der Waals surface area contributed by atoms with E-state index in [2.05, 4.69) is 1380 Å². The molecule has 0 bridgehead atoms. The Labute approximate surface area is 1840 Å². The molecule has 0 aliphatic rings. The van der Waals surface area contributed by atoms with E-state index in [-0.39, 0.29) is 0 Å². The van der Waals surface area contributed by atoms with Crippen molar-refractivity contribution in [3.8, 4) is 0 Å². The SMILES string of the molecule is I[I-]I(I)I(I)I(I)I(I)I(I)I(I)I(I)I(I)I(I)I(I)I(I)I(I)I(I)I(I)I(I)I(I)I(I)I(I)I(I)I(I)I(I)I(I)I(I)I(I)I(I)I(I)I(I)I(I)I(I)I(I)I(I)I(I)I(I)I(I)I(I)I(I)I(I)I(I)I(I)I(I)I(I)I(I)I(I)I(I)I(I)I(I)I(I)I(I)I(I)I(I)I(I)I(I)I(I)I(I)I(I)I(I)I(I)I(I)I(I)I(I)I(I)I(I)I(I)I(I)I(I)I(I)I(I)I(I)I(I)I(I)I(I)I(I)I.